The van der Waals surface area contributed by atoms with Crippen LogP contribution in [0.1, 0.15) is 11.1 Å². The van der Waals surface area contributed by atoms with Crippen molar-refractivity contribution in [1.29, 1.82) is 0 Å². The summed E-state index contributed by atoms with van der Waals surface area (Å²) in [5, 5.41) is 8.60. The molecule has 0 fully saturated rings. The van der Waals surface area contributed by atoms with Crippen LogP contribution in [0.15, 0.2) is 48.5 Å². The lowest BCUT2D eigenvalue weighted by Crippen LogP contribution is -2.05. The zero-order valence-corrected chi connectivity index (χ0v) is 12.7. The molecule has 3 rings (SSSR count). The van der Waals surface area contributed by atoms with Crippen LogP contribution in [0.2, 0.25) is 0 Å². The highest BCUT2D eigenvalue weighted by Crippen LogP contribution is 2.34. The van der Waals surface area contributed by atoms with Gasteiger partial charge in [0.05, 0.1) is 11.4 Å². The van der Waals surface area contributed by atoms with E-state index in [9.17, 15) is 0 Å². The van der Waals surface area contributed by atoms with Crippen LogP contribution in [0.25, 0.3) is 22.5 Å². The number of nitrogen functional groups attached to an aromatic ring is 2. The highest BCUT2D eigenvalue weighted by molar-refractivity contribution is 5.89. The molecular formula is C18H18N4. The summed E-state index contributed by atoms with van der Waals surface area (Å²) in [5.74, 6) is 0. The number of rotatable bonds is 2. The number of hydrogen-bond acceptors (Lipinski definition) is 4. The van der Waals surface area contributed by atoms with Crippen molar-refractivity contribution in [2.24, 2.45) is 0 Å². The second kappa shape index (κ2) is 5.48. The van der Waals surface area contributed by atoms with Gasteiger partial charge in [0, 0.05) is 11.1 Å². The molecule has 1 heterocycles. The van der Waals surface area contributed by atoms with Crippen LogP contribution in [-0.4, -0.2) is 10.2 Å². The van der Waals surface area contributed by atoms with Crippen molar-refractivity contribution in [2.45, 2.75) is 13.8 Å². The normalized spacial score (nSPS) is 10.6. The fourth-order valence-electron chi connectivity index (χ4n) is 2.47. The maximum absolute atomic E-state index is 6.21. The molecule has 0 saturated heterocycles. The maximum atomic E-state index is 6.21. The fourth-order valence-corrected chi connectivity index (χ4v) is 2.47. The Bertz CT molecular complexity index is 770. The van der Waals surface area contributed by atoms with Gasteiger partial charge in [0.2, 0.25) is 0 Å². The smallest absolute Gasteiger partial charge is 0.118 e. The van der Waals surface area contributed by atoms with Crippen LogP contribution < -0.4 is 11.5 Å². The SMILES string of the molecule is Cc1cccc(-c2nnc(-c3cccc(C)c3)c(N)c2N)c1. The van der Waals surface area contributed by atoms with Crippen LogP contribution in [0.5, 0.6) is 0 Å². The Balaban J connectivity index is 2.13. The summed E-state index contributed by atoms with van der Waals surface area (Å²) in [5.41, 5.74) is 18.7. The van der Waals surface area contributed by atoms with E-state index >= 15 is 0 Å². The first-order valence-corrected chi connectivity index (χ1v) is 7.12. The predicted octanol–water partition coefficient (Wildman–Crippen LogP) is 3.59. The summed E-state index contributed by atoms with van der Waals surface area (Å²) in [6, 6.07) is 15.9. The molecule has 4 nitrogen and oxygen atoms in total. The van der Waals surface area contributed by atoms with Crippen molar-refractivity contribution in [3.63, 3.8) is 0 Å². The number of anilines is 2. The highest BCUT2D eigenvalue weighted by atomic mass is 15.1. The predicted molar refractivity (Wildman–Crippen MR) is 91.2 cm³/mol. The average molecular weight is 290 g/mol. The van der Waals surface area contributed by atoms with E-state index in [4.69, 9.17) is 11.5 Å². The van der Waals surface area contributed by atoms with Gasteiger partial charge in [-0.05, 0) is 26.0 Å². The molecule has 0 radical (unpaired) electrons. The standard InChI is InChI=1S/C18H18N4/c1-11-5-3-7-13(9-11)17-15(19)16(20)18(22-21-17)14-8-4-6-12(2)10-14/h3-10H,1-2H3,(H2,20,21)(H2,19,22). The Morgan fingerprint density at radius 3 is 1.45 bits per heavy atom. The second-order valence-corrected chi connectivity index (χ2v) is 5.46. The van der Waals surface area contributed by atoms with Crippen molar-refractivity contribution in [3.8, 4) is 22.5 Å². The number of hydrogen-bond donors (Lipinski definition) is 2. The number of nitrogens with two attached hydrogens (primary N) is 2. The van der Waals surface area contributed by atoms with Gasteiger partial charge in [0.25, 0.3) is 0 Å². The van der Waals surface area contributed by atoms with E-state index in [0.717, 1.165) is 22.3 Å². The number of nitrogens with zero attached hydrogens (tertiary/aromatic N) is 2. The molecule has 4 heteroatoms. The van der Waals surface area contributed by atoms with Gasteiger partial charge < -0.3 is 11.5 Å². The Labute approximate surface area is 129 Å². The summed E-state index contributed by atoms with van der Waals surface area (Å²) in [6.07, 6.45) is 0. The molecule has 110 valence electrons. The van der Waals surface area contributed by atoms with Crippen molar-refractivity contribution < 1.29 is 0 Å². The molecule has 2 aromatic carbocycles. The van der Waals surface area contributed by atoms with E-state index in [1.54, 1.807) is 0 Å². The summed E-state index contributed by atoms with van der Waals surface area (Å²) < 4.78 is 0. The van der Waals surface area contributed by atoms with Gasteiger partial charge in [-0.25, -0.2) is 0 Å². The Morgan fingerprint density at radius 2 is 1.09 bits per heavy atom. The molecule has 22 heavy (non-hydrogen) atoms. The Hall–Kier alpha value is -2.88. The van der Waals surface area contributed by atoms with Gasteiger partial charge in [-0.3, -0.25) is 0 Å². The minimum Gasteiger partial charge on any atom is -0.395 e. The third kappa shape index (κ3) is 2.51. The van der Waals surface area contributed by atoms with Gasteiger partial charge in [-0.1, -0.05) is 47.5 Å². The fraction of sp³-hybridized carbons (Fsp3) is 0.111. The summed E-state index contributed by atoms with van der Waals surface area (Å²) in [7, 11) is 0. The third-order valence-electron chi connectivity index (χ3n) is 3.63. The molecule has 0 aliphatic carbocycles. The third-order valence-corrected chi connectivity index (χ3v) is 3.63. The minimum atomic E-state index is 0.470. The molecule has 0 unspecified atom stereocenters. The van der Waals surface area contributed by atoms with E-state index in [0.29, 0.717) is 22.8 Å². The summed E-state index contributed by atoms with van der Waals surface area (Å²) >= 11 is 0. The molecule has 0 bridgehead atoms. The topological polar surface area (TPSA) is 77.8 Å². The average Bonchev–Trinajstić information content (AvgIpc) is 2.50. The first-order valence-electron chi connectivity index (χ1n) is 7.12. The molecule has 4 N–H and O–H groups in total. The molecular weight excluding hydrogens is 272 g/mol. The molecule has 0 saturated carbocycles. The lowest BCUT2D eigenvalue weighted by Gasteiger charge is -2.11. The van der Waals surface area contributed by atoms with E-state index in [1.807, 2.05) is 62.4 Å². The first kappa shape index (κ1) is 14.1. The van der Waals surface area contributed by atoms with Gasteiger partial charge in [-0.2, -0.15) is 0 Å². The van der Waals surface area contributed by atoms with Crippen LogP contribution in [0.4, 0.5) is 11.4 Å². The van der Waals surface area contributed by atoms with Crippen molar-refractivity contribution in [2.75, 3.05) is 11.5 Å². The highest BCUT2D eigenvalue weighted by Gasteiger charge is 2.14. The van der Waals surface area contributed by atoms with Crippen molar-refractivity contribution in [3.05, 3.63) is 59.7 Å². The molecule has 0 atom stereocenters. The number of benzene rings is 2. The Morgan fingerprint density at radius 1 is 0.682 bits per heavy atom. The molecule has 3 aromatic rings. The number of aromatic nitrogens is 2. The molecule has 0 aliphatic heterocycles. The van der Waals surface area contributed by atoms with E-state index in [1.165, 1.54) is 0 Å². The van der Waals surface area contributed by atoms with Crippen molar-refractivity contribution >= 4 is 11.4 Å². The summed E-state index contributed by atoms with van der Waals surface area (Å²) in [4.78, 5) is 0. The molecule has 0 amide bonds. The lowest BCUT2D eigenvalue weighted by molar-refractivity contribution is 1.05. The second-order valence-electron chi connectivity index (χ2n) is 5.46. The zero-order chi connectivity index (χ0) is 15.7. The Kier molecular flexibility index (Phi) is 3.51. The monoisotopic (exact) mass is 290 g/mol. The lowest BCUT2D eigenvalue weighted by atomic mass is 10.0. The molecule has 0 aliphatic rings. The summed E-state index contributed by atoms with van der Waals surface area (Å²) in [6.45, 7) is 4.05. The van der Waals surface area contributed by atoms with E-state index < -0.39 is 0 Å². The van der Waals surface area contributed by atoms with Crippen molar-refractivity contribution in [1.82, 2.24) is 10.2 Å². The van der Waals surface area contributed by atoms with Crippen LogP contribution >= 0.6 is 0 Å². The van der Waals surface area contributed by atoms with Crippen LogP contribution in [-0.2, 0) is 0 Å². The number of aryl methyl sites for hydroxylation is 2. The van der Waals surface area contributed by atoms with E-state index in [2.05, 4.69) is 10.2 Å². The van der Waals surface area contributed by atoms with Gasteiger partial charge in [-0.15, -0.1) is 10.2 Å². The first-order chi connectivity index (χ1) is 10.6. The minimum absolute atomic E-state index is 0.470. The quantitative estimate of drug-likeness (QED) is 0.756. The largest absolute Gasteiger partial charge is 0.395 e. The van der Waals surface area contributed by atoms with Gasteiger partial charge in [0.1, 0.15) is 11.4 Å². The zero-order valence-electron chi connectivity index (χ0n) is 12.7. The molecule has 0 spiro atoms. The van der Waals surface area contributed by atoms with Gasteiger partial charge in [0.15, 0.2) is 0 Å². The van der Waals surface area contributed by atoms with Crippen LogP contribution in [0.3, 0.4) is 0 Å². The maximum Gasteiger partial charge on any atom is 0.118 e. The van der Waals surface area contributed by atoms with Gasteiger partial charge >= 0.3 is 0 Å². The van der Waals surface area contributed by atoms with Crippen LogP contribution in [0, 0.1) is 13.8 Å². The molecule has 1 aromatic heterocycles. The van der Waals surface area contributed by atoms with E-state index in [-0.39, 0.29) is 0 Å².